The van der Waals surface area contributed by atoms with E-state index in [1.54, 1.807) is 0 Å². The number of hydrogen-bond acceptors (Lipinski definition) is 3. The van der Waals surface area contributed by atoms with Gasteiger partial charge in [0.25, 0.3) is 0 Å². The molecule has 33 heavy (non-hydrogen) atoms. The maximum absolute atomic E-state index is 11.8. The van der Waals surface area contributed by atoms with Crippen molar-refractivity contribution in [1.29, 1.82) is 0 Å². The van der Waals surface area contributed by atoms with Crippen molar-refractivity contribution in [3.63, 3.8) is 0 Å². The van der Waals surface area contributed by atoms with Gasteiger partial charge in [0, 0.05) is 18.8 Å². The number of rotatable bonds is 5. The van der Waals surface area contributed by atoms with Gasteiger partial charge in [-0.15, -0.1) is 0 Å². The van der Waals surface area contributed by atoms with Gasteiger partial charge in [-0.1, -0.05) is 65.8 Å². The minimum Gasteiger partial charge on any atom is -0.462 e. The largest absolute Gasteiger partial charge is 0.462 e. The third kappa shape index (κ3) is 4.07. The Morgan fingerprint density at radius 2 is 1.82 bits per heavy atom. The number of carbonyl (C=O) groups excluding carboxylic acids is 1. The van der Waals surface area contributed by atoms with Gasteiger partial charge in [0.1, 0.15) is 6.10 Å². The average Bonchev–Trinajstić information content (AvgIpc) is 3.09. The van der Waals surface area contributed by atoms with E-state index in [0.29, 0.717) is 47.8 Å². The Labute approximate surface area is 201 Å². The number of ether oxygens (including phenoxy) is 1. The van der Waals surface area contributed by atoms with Crippen molar-refractivity contribution < 1.29 is 14.6 Å². The Kier molecular flexibility index (Phi) is 6.53. The van der Waals surface area contributed by atoms with Gasteiger partial charge in [0.15, 0.2) is 0 Å². The fourth-order valence-corrected chi connectivity index (χ4v) is 7.76. The molecule has 0 heterocycles. The van der Waals surface area contributed by atoms with Crippen molar-refractivity contribution in [2.75, 3.05) is 0 Å². The Morgan fingerprint density at radius 1 is 1.09 bits per heavy atom. The van der Waals surface area contributed by atoms with Crippen LogP contribution in [0.4, 0.5) is 0 Å². The Hall–Kier alpha value is -1.35. The van der Waals surface area contributed by atoms with Gasteiger partial charge in [0.05, 0.1) is 5.60 Å². The van der Waals surface area contributed by atoms with Gasteiger partial charge in [-0.05, 0) is 84.7 Å². The quantitative estimate of drug-likeness (QED) is 0.359. The molecule has 2 saturated carbocycles. The van der Waals surface area contributed by atoms with Crippen LogP contribution in [0.25, 0.3) is 0 Å². The van der Waals surface area contributed by atoms with E-state index in [2.05, 4.69) is 65.8 Å². The molecule has 184 valence electrons. The summed E-state index contributed by atoms with van der Waals surface area (Å²) in [7, 11) is 0. The molecule has 0 aromatic rings. The summed E-state index contributed by atoms with van der Waals surface area (Å²) in [4.78, 5) is 11.5. The molecule has 0 aromatic heterocycles. The van der Waals surface area contributed by atoms with Crippen molar-refractivity contribution >= 4 is 5.97 Å². The monoisotopic (exact) mass is 454 g/mol. The summed E-state index contributed by atoms with van der Waals surface area (Å²) in [6.07, 6.45) is 16.2. The molecule has 4 rings (SSSR count). The second-order valence-electron chi connectivity index (χ2n) is 12.6. The zero-order chi connectivity index (χ0) is 24.2. The zero-order valence-corrected chi connectivity index (χ0v) is 22.0. The molecule has 0 amide bonds. The van der Waals surface area contributed by atoms with Crippen LogP contribution in [0.2, 0.25) is 0 Å². The third-order valence-electron chi connectivity index (χ3n) is 10.4. The van der Waals surface area contributed by atoms with E-state index in [-0.39, 0.29) is 17.5 Å². The molecule has 2 fully saturated rings. The van der Waals surface area contributed by atoms with Gasteiger partial charge in [0.2, 0.25) is 0 Å². The van der Waals surface area contributed by atoms with Crippen molar-refractivity contribution in [3.05, 3.63) is 35.5 Å². The first-order chi connectivity index (χ1) is 15.4. The summed E-state index contributed by atoms with van der Waals surface area (Å²) in [5.41, 5.74) is 2.15. The predicted molar refractivity (Wildman–Crippen MR) is 134 cm³/mol. The van der Waals surface area contributed by atoms with Crippen LogP contribution < -0.4 is 0 Å². The lowest BCUT2D eigenvalue weighted by Crippen LogP contribution is -2.56. The average molecular weight is 455 g/mol. The first-order valence-electron chi connectivity index (χ1n) is 13.4. The Morgan fingerprint density at radius 3 is 2.48 bits per heavy atom. The number of hydrogen-bond donors (Lipinski definition) is 1. The summed E-state index contributed by atoms with van der Waals surface area (Å²) in [6, 6.07) is 0. The Balaban J connectivity index is 1.58. The molecule has 0 aromatic carbocycles. The highest BCUT2D eigenvalue weighted by Crippen LogP contribution is 2.65. The van der Waals surface area contributed by atoms with Crippen molar-refractivity contribution in [2.45, 2.75) is 105 Å². The summed E-state index contributed by atoms with van der Waals surface area (Å²) >= 11 is 0. The van der Waals surface area contributed by atoms with Crippen LogP contribution in [0.5, 0.6) is 0 Å². The van der Waals surface area contributed by atoms with Gasteiger partial charge in [-0.25, -0.2) is 0 Å². The smallest absolute Gasteiger partial charge is 0.302 e. The highest BCUT2D eigenvalue weighted by atomic mass is 16.5. The van der Waals surface area contributed by atoms with Gasteiger partial charge in [-0.3, -0.25) is 4.79 Å². The van der Waals surface area contributed by atoms with Crippen LogP contribution in [0.1, 0.15) is 93.4 Å². The zero-order valence-electron chi connectivity index (χ0n) is 22.0. The third-order valence-corrected chi connectivity index (χ3v) is 10.4. The molecule has 0 unspecified atom stereocenters. The highest BCUT2D eigenvalue weighted by molar-refractivity contribution is 5.66. The van der Waals surface area contributed by atoms with E-state index in [0.717, 1.165) is 19.3 Å². The van der Waals surface area contributed by atoms with Crippen LogP contribution in [0, 0.1) is 40.4 Å². The van der Waals surface area contributed by atoms with E-state index in [4.69, 9.17) is 4.74 Å². The predicted octanol–water partition coefficient (Wildman–Crippen LogP) is 7.02. The van der Waals surface area contributed by atoms with Crippen molar-refractivity contribution in [3.8, 4) is 0 Å². The molecule has 8 atom stereocenters. The highest BCUT2D eigenvalue weighted by Gasteiger charge is 2.60. The van der Waals surface area contributed by atoms with E-state index in [1.807, 2.05) is 0 Å². The van der Waals surface area contributed by atoms with Crippen LogP contribution in [0.3, 0.4) is 0 Å². The second kappa shape index (κ2) is 8.70. The molecule has 3 nitrogen and oxygen atoms in total. The first-order valence-corrected chi connectivity index (χ1v) is 13.4. The summed E-state index contributed by atoms with van der Waals surface area (Å²) in [5, 5.41) is 11.8. The second-order valence-corrected chi connectivity index (χ2v) is 12.6. The number of aliphatic hydroxyl groups is 1. The number of carbonyl (C=O) groups is 1. The molecule has 1 N–H and O–H groups in total. The van der Waals surface area contributed by atoms with Crippen LogP contribution >= 0.6 is 0 Å². The van der Waals surface area contributed by atoms with Crippen LogP contribution in [-0.4, -0.2) is 22.8 Å². The SMILES string of the molecule is CC(=O)O[C@@H]1CC[C@]2(C)C3=CC[C@@]4(C)[C@@H]([C@H](C)/C=C/[C@H](C)C(C)C)CC[C@H]4C3=CC[C@@]2(O)C1. The number of esters is 1. The molecule has 4 aliphatic rings. The molecule has 0 aliphatic heterocycles. The normalized spacial score (nSPS) is 42.2. The molecule has 0 radical (unpaired) electrons. The maximum Gasteiger partial charge on any atom is 0.302 e. The lowest BCUT2D eigenvalue weighted by molar-refractivity contribution is -0.163. The number of fused-ring (bicyclic) bond motifs is 5. The topological polar surface area (TPSA) is 46.5 Å². The molecule has 0 spiro atoms. The summed E-state index contributed by atoms with van der Waals surface area (Å²) < 4.78 is 5.52. The fraction of sp³-hybridized carbons (Fsp3) is 0.767. The fourth-order valence-electron chi connectivity index (χ4n) is 7.76. The Bertz CT molecular complexity index is 866. The van der Waals surface area contributed by atoms with E-state index < -0.39 is 5.60 Å². The van der Waals surface area contributed by atoms with E-state index in [1.165, 1.54) is 30.9 Å². The van der Waals surface area contributed by atoms with Gasteiger partial charge >= 0.3 is 5.97 Å². The molecule has 3 heteroatoms. The van der Waals surface area contributed by atoms with Crippen LogP contribution in [0.15, 0.2) is 35.5 Å². The maximum atomic E-state index is 11.8. The molecule has 0 bridgehead atoms. The van der Waals surface area contributed by atoms with Crippen molar-refractivity contribution in [2.24, 2.45) is 40.4 Å². The van der Waals surface area contributed by atoms with E-state index >= 15 is 0 Å². The summed E-state index contributed by atoms with van der Waals surface area (Å²) in [6.45, 7) is 15.6. The molecule has 4 aliphatic carbocycles. The van der Waals surface area contributed by atoms with Gasteiger partial charge in [-0.2, -0.15) is 0 Å². The molecular formula is C30H46O3. The standard InChI is InChI=1S/C30H46O3/c1-19(2)20(3)8-9-21(4)25-10-11-26-24-13-17-30(32)18-23(33-22(5)31)12-16-29(30,7)27(24)14-15-28(25,26)6/h8-9,13-14,19-21,23,25-26,32H,10-12,15-18H2,1-7H3/b9-8+/t20-,21+,23+,25+,26-,28-,29+,30+/m0/s1. The first kappa shape index (κ1) is 24.8. The summed E-state index contributed by atoms with van der Waals surface area (Å²) in [5.74, 6) is 2.94. The minimum absolute atomic E-state index is 0.165. The van der Waals surface area contributed by atoms with Crippen molar-refractivity contribution in [1.82, 2.24) is 0 Å². The lowest BCUT2D eigenvalue weighted by atomic mass is 9.50. The van der Waals surface area contributed by atoms with Crippen LogP contribution in [-0.2, 0) is 9.53 Å². The molecule has 0 saturated heterocycles. The number of allylic oxidation sites excluding steroid dienone is 4. The molecular weight excluding hydrogens is 408 g/mol. The van der Waals surface area contributed by atoms with Gasteiger partial charge < -0.3 is 9.84 Å². The van der Waals surface area contributed by atoms with E-state index in [9.17, 15) is 9.90 Å². The lowest BCUT2D eigenvalue weighted by Gasteiger charge is -2.57. The minimum atomic E-state index is -0.824.